The highest BCUT2D eigenvalue weighted by Gasteiger charge is 2.08. The molecule has 27 heavy (non-hydrogen) atoms. The van der Waals surface area contributed by atoms with Crippen LogP contribution in [0.5, 0.6) is 0 Å². The Morgan fingerprint density at radius 3 is 0.889 bits per heavy atom. The SMILES string of the molecule is Brc1cccc(-c2cc(-c3cccc(Br)c3)cc(-c3cccc(Br)c3)c2)c1. The van der Waals surface area contributed by atoms with E-state index in [-0.39, 0.29) is 0 Å². The quantitative estimate of drug-likeness (QED) is 0.242. The van der Waals surface area contributed by atoms with Gasteiger partial charge in [0.25, 0.3) is 0 Å². The Hall–Kier alpha value is -1.68. The maximum Gasteiger partial charge on any atom is 0.0181 e. The van der Waals surface area contributed by atoms with Crippen molar-refractivity contribution < 1.29 is 0 Å². The molecule has 0 saturated heterocycles. The normalized spacial score (nSPS) is 10.8. The molecule has 0 aliphatic rings. The van der Waals surface area contributed by atoms with Crippen LogP contribution in [0.25, 0.3) is 33.4 Å². The Morgan fingerprint density at radius 1 is 0.333 bits per heavy atom. The average Bonchev–Trinajstić information content (AvgIpc) is 2.68. The van der Waals surface area contributed by atoms with Crippen LogP contribution in [-0.2, 0) is 0 Å². The second kappa shape index (κ2) is 8.14. The summed E-state index contributed by atoms with van der Waals surface area (Å²) in [6, 6.07) is 32.1. The van der Waals surface area contributed by atoms with E-state index < -0.39 is 0 Å². The van der Waals surface area contributed by atoms with E-state index in [2.05, 4.69) is 139 Å². The summed E-state index contributed by atoms with van der Waals surface area (Å²) in [6.45, 7) is 0. The zero-order chi connectivity index (χ0) is 18.8. The van der Waals surface area contributed by atoms with E-state index in [9.17, 15) is 0 Å². The highest BCUT2D eigenvalue weighted by Crippen LogP contribution is 2.35. The maximum absolute atomic E-state index is 3.59. The molecule has 0 aliphatic heterocycles. The summed E-state index contributed by atoms with van der Waals surface area (Å²) >= 11 is 10.8. The first kappa shape index (κ1) is 18.7. The molecule has 0 saturated carbocycles. The minimum atomic E-state index is 1.08. The summed E-state index contributed by atoms with van der Waals surface area (Å²) in [4.78, 5) is 0. The molecule has 0 aliphatic carbocycles. The third-order valence-electron chi connectivity index (χ3n) is 4.41. The summed E-state index contributed by atoms with van der Waals surface area (Å²) in [5, 5.41) is 0. The van der Waals surface area contributed by atoms with E-state index >= 15 is 0 Å². The minimum Gasteiger partial charge on any atom is -0.0605 e. The van der Waals surface area contributed by atoms with E-state index in [1.54, 1.807) is 0 Å². The topological polar surface area (TPSA) is 0 Å². The van der Waals surface area contributed by atoms with Crippen molar-refractivity contribution in [2.75, 3.05) is 0 Å². The van der Waals surface area contributed by atoms with Crippen LogP contribution in [0, 0.1) is 0 Å². The Balaban J connectivity index is 1.94. The number of halogens is 3. The molecule has 4 aromatic carbocycles. The van der Waals surface area contributed by atoms with E-state index in [1.165, 1.54) is 33.4 Å². The lowest BCUT2D eigenvalue weighted by atomic mass is 9.93. The van der Waals surface area contributed by atoms with E-state index in [1.807, 2.05) is 0 Å². The van der Waals surface area contributed by atoms with E-state index in [0.717, 1.165) is 13.4 Å². The molecular formula is C24H15Br3. The fraction of sp³-hybridized carbons (Fsp3) is 0. The highest BCUT2D eigenvalue weighted by atomic mass is 79.9. The Morgan fingerprint density at radius 2 is 0.630 bits per heavy atom. The second-order valence-corrected chi connectivity index (χ2v) is 9.08. The van der Waals surface area contributed by atoms with Gasteiger partial charge in [0.2, 0.25) is 0 Å². The van der Waals surface area contributed by atoms with Crippen molar-refractivity contribution in [3.63, 3.8) is 0 Å². The van der Waals surface area contributed by atoms with Gasteiger partial charge in [-0.1, -0.05) is 84.2 Å². The molecule has 0 atom stereocenters. The fourth-order valence-electron chi connectivity index (χ4n) is 3.13. The summed E-state index contributed by atoms with van der Waals surface area (Å²) in [6.07, 6.45) is 0. The molecule has 132 valence electrons. The molecule has 4 aromatic rings. The van der Waals surface area contributed by atoms with Gasteiger partial charge < -0.3 is 0 Å². The monoisotopic (exact) mass is 540 g/mol. The first-order valence-electron chi connectivity index (χ1n) is 8.51. The van der Waals surface area contributed by atoms with Crippen LogP contribution in [0.15, 0.2) is 104 Å². The molecule has 0 unspecified atom stereocenters. The summed E-state index contributed by atoms with van der Waals surface area (Å²) in [7, 11) is 0. The maximum atomic E-state index is 3.59. The van der Waals surface area contributed by atoms with Gasteiger partial charge >= 0.3 is 0 Å². The Bertz CT molecular complexity index is 962. The molecule has 0 bridgehead atoms. The number of hydrogen-bond acceptors (Lipinski definition) is 0. The van der Waals surface area contributed by atoms with Gasteiger partial charge in [-0.2, -0.15) is 0 Å². The number of hydrogen-bond donors (Lipinski definition) is 0. The van der Waals surface area contributed by atoms with Crippen LogP contribution in [0.3, 0.4) is 0 Å². The number of rotatable bonds is 3. The van der Waals surface area contributed by atoms with Gasteiger partial charge in [-0.25, -0.2) is 0 Å². The second-order valence-electron chi connectivity index (χ2n) is 6.33. The van der Waals surface area contributed by atoms with Gasteiger partial charge in [-0.3, -0.25) is 0 Å². The van der Waals surface area contributed by atoms with Crippen LogP contribution < -0.4 is 0 Å². The van der Waals surface area contributed by atoms with Crippen molar-refractivity contribution in [3.05, 3.63) is 104 Å². The molecule has 0 spiro atoms. The first-order valence-corrected chi connectivity index (χ1v) is 10.9. The first-order chi connectivity index (χ1) is 13.1. The van der Waals surface area contributed by atoms with Crippen molar-refractivity contribution >= 4 is 47.8 Å². The van der Waals surface area contributed by atoms with Gasteiger partial charge in [-0.05, 0) is 88.0 Å². The lowest BCUT2D eigenvalue weighted by Gasteiger charge is -2.12. The van der Waals surface area contributed by atoms with Crippen molar-refractivity contribution in [1.82, 2.24) is 0 Å². The lowest BCUT2D eigenvalue weighted by Crippen LogP contribution is -1.86. The molecule has 3 heteroatoms. The van der Waals surface area contributed by atoms with Crippen molar-refractivity contribution in [3.8, 4) is 33.4 Å². The van der Waals surface area contributed by atoms with E-state index in [4.69, 9.17) is 0 Å². The summed E-state index contributed by atoms with van der Waals surface area (Å²) < 4.78 is 3.24. The molecule has 0 radical (unpaired) electrons. The van der Waals surface area contributed by atoms with Gasteiger partial charge in [0.15, 0.2) is 0 Å². The van der Waals surface area contributed by atoms with Crippen LogP contribution in [-0.4, -0.2) is 0 Å². The van der Waals surface area contributed by atoms with Gasteiger partial charge in [-0.15, -0.1) is 0 Å². The number of benzene rings is 4. The molecule has 0 amide bonds. The Labute approximate surface area is 184 Å². The van der Waals surface area contributed by atoms with Crippen molar-refractivity contribution in [2.45, 2.75) is 0 Å². The molecule has 4 rings (SSSR count). The summed E-state index contributed by atoms with van der Waals surface area (Å²) in [5.41, 5.74) is 7.17. The molecule has 0 heterocycles. The van der Waals surface area contributed by atoms with Gasteiger partial charge in [0.05, 0.1) is 0 Å². The van der Waals surface area contributed by atoms with Crippen molar-refractivity contribution in [2.24, 2.45) is 0 Å². The molecule has 0 nitrogen and oxygen atoms in total. The zero-order valence-electron chi connectivity index (χ0n) is 14.3. The van der Waals surface area contributed by atoms with Gasteiger partial charge in [0, 0.05) is 13.4 Å². The third-order valence-corrected chi connectivity index (χ3v) is 5.89. The smallest absolute Gasteiger partial charge is 0.0181 e. The average molecular weight is 543 g/mol. The minimum absolute atomic E-state index is 1.08. The molecular weight excluding hydrogens is 528 g/mol. The van der Waals surface area contributed by atoms with E-state index in [0.29, 0.717) is 0 Å². The third kappa shape index (κ3) is 4.43. The predicted molar refractivity (Wildman–Crippen MR) is 126 cm³/mol. The van der Waals surface area contributed by atoms with Crippen LogP contribution >= 0.6 is 47.8 Å². The van der Waals surface area contributed by atoms with Crippen LogP contribution in [0.1, 0.15) is 0 Å². The predicted octanol–water partition coefficient (Wildman–Crippen LogP) is 8.98. The van der Waals surface area contributed by atoms with Crippen LogP contribution in [0.2, 0.25) is 0 Å². The molecule has 0 N–H and O–H groups in total. The highest BCUT2D eigenvalue weighted by molar-refractivity contribution is 9.11. The molecule has 0 fully saturated rings. The lowest BCUT2D eigenvalue weighted by molar-refractivity contribution is 1.54. The van der Waals surface area contributed by atoms with Crippen molar-refractivity contribution in [1.29, 1.82) is 0 Å². The Kier molecular flexibility index (Phi) is 5.63. The zero-order valence-corrected chi connectivity index (χ0v) is 19.1. The van der Waals surface area contributed by atoms with Crippen LogP contribution in [0.4, 0.5) is 0 Å². The fourth-order valence-corrected chi connectivity index (χ4v) is 4.33. The largest absolute Gasteiger partial charge is 0.0605 e. The molecule has 0 aromatic heterocycles. The van der Waals surface area contributed by atoms with Gasteiger partial charge in [0.1, 0.15) is 0 Å². The standard InChI is InChI=1S/C24H15Br3/c25-22-7-1-4-16(13-22)19-10-20(17-5-2-8-23(26)14-17)12-21(11-19)18-6-3-9-24(27)15-18/h1-15H. The summed E-state index contributed by atoms with van der Waals surface area (Å²) in [5.74, 6) is 0.